The van der Waals surface area contributed by atoms with E-state index in [-0.39, 0.29) is 18.0 Å². The summed E-state index contributed by atoms with van der Waals surface area (Å²) in [5.41, 5.74) is -27.5. The van der Waals surface area contributed by atoms with E-state index in [2.05, 4.69) is 4.98 Å². The molecule has 30 heteroatoms. The Kier molecular flexibility index (Phi) is 17.4. The van der Waals surface area contributed by atoms with E-state index in [0.717, 1.165) is 11.1 Å². The average Bonchev–Trinajstić information content (AvgIpc) is 2.61. The first-order chi connectivity index (χ1) is 37.8. The van der Waals surface area contributed by atoms with Gasteiger partial charge in [-0.3, -0.25) is 9.78 Å². The number of alkyl halides is 24. The summed E-state index contributed by atoms with van der Waals surface area (Å²) < 4.78 is 348. The summed E-state index contributed by atoms with van der Waals surface area (Å²) in [6.07, 6.45) is -50.3. The van der Waals surface area contributed by atoms with Crippen LogP contribution in [0.15, 0.2) is 140 Å². The molecule has 1 heterocycles. The molecule has 0 saturated carbocycles. The number of carbonyl (C=O) groups is 2. The second-order valence-electron chi connectivity index (χ2n) is 18.2. The van der Waals surface area contributed by atoms with Gasteiger partial charge in [-0.05, 0) is 55.3 Å². The van der Waals surface area contributed by atoms with Crippen LogP contribution in [0.5, 0.6) is 5.75 Å². The number of Topliss-reactive ketones (excluding diaryl/α,β-unsaturated/α-hetero) is 1. The number of ketones is 1. The van der Waals surface area contributed by atoms with Crippen molar-refractivity contribution in [3.63, 3.8) is 0 Å². The highest BCUT2D eigenvalue weighted by Gasteiger charge is 2.47. The highest BCUT2D eigenvalue weighted by atomic mass is 19.4. The molecule has 0 aliphatic rings. The van der Waals surface area contributed by atoms with Crippen molar-refractivity contribution in [2.75, 3.05) is 0 Å². The van der Waals surface area contributed by atoms with Crippen LogP contribution < -0.4 is 31.2 Å². The van der Waals surface area contributed by atoms with Crippen LogP contribution in [0.2, 0.25) is 0 Å². The third kappa shape index (κ3) is 14.8. The number of esters is 1. The van der Waals surface area contributed by atoms with E-state index in [9.17, 15) is 115 Å². The molecule has 0 unspecified atom stereocenters. The van der Waals surface area contributed by atoms with Crippen LogP contribution >= 0.6 is 0 Å². The fourth-order valence-electron chi connectivity index (χ4n) is 8.62. The van der Waals surface area contributed by atoms with E-state index >= 15 is 0 Å². The molecule has 0 saturated heterocycles. The van der Waals surface area contributed by atoms with E-state index in [4.69, 9.17) is 4.74 Å². The zero-order chi connectivity index (χ0) is 62.4. The fraction of sp³-hybridized carbons (Fsp3) is 0.208. The minimum absolute atomic E-state index is 0.0315. The van der Waals surface area contributed by atoms with Crippen molar-refractivity contribution in [3.05, 3.63) is 207 Å². The van der Waals surface area contributed by atoms with Crippen molar-refractivity contribution < 1.29 is 124 Å². The van der Waals surface area contributed by atoms with Crippen LogP contribution in [0, 0.1) is 13.8 Å². The first-order valence-electron chi connectivity index (χ1n) is 22.9. The molecule has 442 valence electrons. The van der Waals surface area contributed by atoms with Crippen LogP contribution in [0.1, 0.15) is 76.5 Å². The Morgan fingerprint density at radius 3 is 1.05 bits per heavy atom. The maximum absolute atomic E-state index is 14.2. The molecule has 0 aliphatic carbocycles. The van der Waals surface area contributed by atoms with Crippen molar-refractivity contribution in [1.29, 1.82) is 0 Å². The summed E-state index contributed by atoms with van der Waals surface area (Å²) in [6, 6.07) is 5.68. The minimum atomic E-state index is -6.13. The molecule has 0 spiro atoms. The minimum Gasteiger partial charge on any atom is -0.418 e. The van der Waals surface area contributed by atoms with Gasteiger partial charge in [0.25, 0.3) is 0 Å². The Morgan fingerprint density at radius 2 is 0.747 bits per heavy atom. The summed E-state index contributed by atoms with van der Waals surface area (Å²) in [7, 11) is 0. The Bertz CT molecular complexity index is 3100. The third-order valence-electron chi connectivity index (χ3n) is 12.7. The Balaban J connectivity index is 0.000000352. The van der Waals surface area contributed by atoms with Gasteiger partial charge in [0.1, 0.15) is 18.1 Å². The van der Waals surface area contributed by atoms with Gasteiger partial charge in [-0.1, -0.05) is 91.0 Å². The monoisotopic (exact) mass is 1210 g/mol. The van der Waals surface area contributed by atoms with Gasteiger partial charge in [-0.15, -0.1) is 0 Å². The van der Waals surface area contributed by atoms with Crippen molar-refractivity contribution in [2.45, 2.75) is 69.8 Å². The molecule has 0 N–H and O–H groups in total. The third-order valence-corrected chi connectivity index (χ3v) is 12.7. The van der Waals surface area contributed by atoms with Gasteiger partial charge in [-0.2, -0.15) is 132 Å². The van der Waals surface area contributed by atoms with Crippen LogP contribution in [-0.4, -0.2) is 22.9 Å². The molecule has 6 aromatic carbocycles. The number of hydrogen-bond donors (Lipinski definition) is 0. The van der Waals surface area contributed by atoms with Crippen LogP contribution in [0.3, 0.4) is 0 Å². The van der Waals surface area contributed by atoms with Crippen LogP contribution in [0.25, 0.3) is 0 Å². The van der Waals surface area contributed by atoms with Crippen LogP contribution in [-0.2, 0) is 56.0 Å². The van der Waals surface area contributed by atoms with E-state index in [1.165, 1.54) is 12.4 Å². The number of ether oxygens (including phenoxy) is 1. The highest BCUT2D eigenvalue weighted by Crippen LogP contribution is 2.41. The van der Waals surface area contributed by atoms with Gasteiger partial charge in [0.15, 0.2) is 6.20 Å². The summed E-state index contributed by atoms with van der Waals surface area (Å²) in [4.78, 5) is 29.1. The summed E-state index contributed by atoms with van der Waals surface area (Å²) >= 11 is 0. The zero-order valence-corrected chi connectivity index (χ0v) is 41.3. The second-order valence-corrected chi connectivity index (χ2v) is 18.2. The quantitative estimate of drug-likeness (QED) is 0.0361. The Morgan fingerprint density at radius 1 is 0.434 bits per heavy atom. The molecule has 0 bridgehead atoms. The van der Waals surface area contributed by atoms with Gasteiger partial charge in [0, 0.05) is 5.56 Å². The average molecular weight is 1210 g/mol. The summed E-state index contributed by atoms with van der Waals surface area (Å²) in [5, 5.41) is 0. The zero-order valence-electron chi connectivity index (χ0n) is 41.3. The van der Waals surface area contributed by atoms with Gasteiger partial charge >= 0.3 is 61.1 Å². The lowest BCUT2D eigenvalue weighted by Gasteiger charge is -2.46. The van der Waals surface area contributed by atoms with Crippen molar-refractivity contribution >= 4 is 39.7 Å². The van der Waals surface area contributed by atoms with Crippen molar-refractivity contribution in [2.24, 2.45) is 0 Å². The normalized spacial score (nSPS) is 13.1. The number of nitrogens with zero attached hydrogens (tertiary/aromatic N) is 2. The molecule has 83 heavy (non-hydrogen) atoms. The first kappa shape index (κ1) is 64.1. The standard InChI is InChI=1S/C32H12BF24.C21H19N2O3/c34-25(35,36)13-1-14(26(37,38)39)6-21(5-13)33(22-7-15(27(40,41)42)2-16(8-22)28(43,44)45,23-9-17(29(46,47)48)3-18(10-23)30(49,50)51)24-11-19(31(52,53)54)4-20(12-24)32(55,56)57;1-15-7-6-10-20(16(15)2)26-21(25)18-13-22-11-12-23(18)14-19(24)17-8-4-3-5-9-17/h1-12H;3-13H,14H2,1-2H3/q-1;+1. The molecule has 1 aromatic heterocycles. The fourth-order valence-corrected chi connectivity index (χ4v) is 8.62. The maximum Gasteiger partial charge on any atom is 0.416 e. The molecule has 7 rings (SSSR count). The van der Waals surface area contributed by atoms with E-state index in [1.54, 1.807) is 41.1 Å². The number of benzene rings is 6. The topological polar surface area (TPSA) is 60.1 Å². The number of rotatable bonds is 9. The van der Waals surface area contributed by atoms with E-state index < -0.39 is 201 Å². The molecule has 0 amide bonds. The maximum atomic E-state index is 14.2. The first-order valence-corrected chi connectivity index (χ1v) is 22.9. The molecule has 0 atom stereocenters. The number of hydrogen-bond acceptors (Lipinski definition) is 4. The smallest absolute Gasteiger partial charge is 0.416 e. The SMILES string of the molecule is Cc1cccc(OC(=O)c2cncc[n+]2CC(=O)c2ccccc2)c1C.FC(F)(F)c1cc([B-](c2cc(C(F)(F)F)cc(C(F)(F)F)c2)(c2cc(C(F)(F)F)cc(C(F)(F)F)c2)c2cc(C(F)(F)F)cc(C(F)(F)F)c2)cc(C(F)(F)F)c1. The van der Waals surface area contributed by atoms with E-state index in [0.29, 0.717) is 11.3 Å². The van der Waals surface area contributed by atoms with Gasteiger partial charge < -0.3 is 4.74 Å². The Labute approximate surface area is 450 Å². The summed E-state index contributed by atoms with van der Waals surface area (Å²) in [6.45, 7) is 3.88. The second kappa shape index (κ2) is 22.6. The van der Waals surface area contributed by atoms with E-state index in [1.807, 2.05) is 32.0 Å². The van der Waals surface area contributed by atoms with Crippen LogP contribution in [0.4, 0.5) is 105 Å². The van der Waals surface area contributed by atoms with Gasteiger partial charge in [-0.25, -0.2) is 4.79 Å². The lowest BCUT2D eigenvalue weighted by Crippen LogP contribution is -2.75. The molecule has 0 aliphatic heterocycles. The lowest BCUT2D eigenvalue weighted by molar-refractivity contribution is -0.686. The largest absolute Gasteiger partial charge is 0.418 e. The molecular formula is C53H31BF24N2O3. The molecule has 5 nitrogen and oxygen atoms in total. The molecular weight excluding hydrogens is 1180 g/mol. The number of aryl methyl sites for hydroxylation is 1. The predicted octanol–water partition coefficient (Wildman–Crippen LogP) is 14.3. The predicted molar refractivity (Wildman–Crippen MR) is 246 cm³/mol. The summed E-state index contributed by atoms with van der Waals surface area (Å²) in [5.74, 6) is -0.143. The number of carbonyl (C=O) groups excluding carboxylic acids is 2. The van der Waals surface area contributed by atoms with Gasteiger partial charge in [0.05, 0.1) is 50.7 Å². The lowest BCUT2D eigenvalue weighted by atomic mass is 9.12. The Hall–Kier alpha value is -8.08. The van der Waals surface area contributed by atoms with Crippen molar-refractivity contribution in [3.8, 4) is 5.75 Å². The van der Waals surface area contributed by atoms with Crippen molar-refractivity contribution in [1.82, 2.24) is 4.98 Å². The molecule has 0 fully saturated rings. The highest BCUT2D eigenvalue weighted by molar-refractivity contribution is 7.20. The number of halogens is 24. The number of aromatic nitrogens is 2. The molecule has 7 aromatic rings. The van der Waals surface area contributed by atoms with Gasteiger partial charge in [0.2, 0.25) is 12.3 Å². The molecule has 0 radical (unpaired) electrons.